The Hall–Kier alpha value is -2.54. The van der Waals surface area contributed by atoms with Crippen LogP contribution in [0.15, 0.2) is 47.6 Å². The SMILES string of the molecule is Cc1cc(/C=N/NCc2c(Cl)cccc2Cl)c(C)n1-c1ccc(Cl)c([N+](=O)[O-])c1. The molecule has 0 fully saturated rings. The van der Waals surface area contributed by atoms with E-state index in [-0.39, 0.29) is 10.7 Å². The molecule has 0 aliphatic rings. The molecule has 1 aromatic heterocycles. The molecule has 3 aromatic rings. The fourth-order valence-corrected chi connectivity index (χ4v) is 3.75. The van der Waals surface area contributed by atoms with E-state index in [1.165, 1.54) is 12.1 Å². The van der Waals surface area contributed by atoms with E-state index in [1.54, 1.807) is 30.5 Å². The summed E-state index contributed by atoms with van der Waals surface area (Å²) in [6, 6.07) is 12.0. The predicted octanol–water partition coefficient (Wildman–Crippen LogP) is 6.09. The van der Waals surface area contributed by atoms with Crippen LogP contribution in [0, 0.1) is 24.0 Å². The number of hydrogen-bond donors (Lipinski definition) is 1. The van der Waals surface area contributed by atoms with Crippen molar-refractivity contribution in [2.24, 2.45) is 5.10 Å². The van der Waals surface area contributed by atoms with Crippen molar-refractivity contribution in [1.82, 2.24) is 9.99 Å². The predicted molar refractivity (Wildman–Crippen MR) is 118 cm³/mol. The highest BCUT2D eigenvalue weighted by atomic mass is 35.5. The lowest BCUT2D eigenvalue weighted by molar-refractivity contribution is -0.384. The third-order valence-electron chi connectivity index (χ3n) is 4.47. The van der Waals surface area contributed by atoms with Gasteiger partial charge in [0, 0.05) is 38.6 Å². The van der Waals surface area contributed by atoms with Crippen LogP contribution in [-0.4, -0.2) is 15.7 Å². The van der Waals surface area contributed by atoms with E-state index in [1.807, 2.05) is 24.5 Å². The van der Waals surface area contributed by atoms with E-state index in [2.05, 4.69) is 10.5 Å². The summed E-state index contributed by atoms with van der Waals surface area (Å²) in [6.45, 7) is 4.22. The van der Waals surface area contributed by atoms with Gasteiger partial charge >= 0.3 is 0 Å². The number of hydrogen-bond acceptors (Lipinski definition) is 4. The van der Waals surface area contributed by atoms with Crippen LogP contribution in [0.5, 0.6) is 0 Å². The smallest absolute Gasteiger partial charge is 0.289 e. The summed E-state index contributed by atoms with van der Waals surface area (Å²) in [6.07, 6.45) is 1.69. The maximum absolute atomic E-state index is 11.2. The molecule has 1 N–H and O–H groups in total. The zero-order chi connectivity index (χ0) is 21.1. The summed E-state index contributed by atoms with van der Waals surface area (Å²) in [5.41, 5.74) is 6.91. The molecular weight excluding hydrogens is 435 g/mol. The van der Waals surface area contributed by atoms with Crippen molar-refractivity contribution in [3.8, 4) is 5.69 Å². The summed E-state index contributed by atoms with van der Waals surface area (Å²) >= 11 is 18.2. The van der Waals surface area contributed by atoms with Crippen molar-refractivity contribution >= 4 is 46.7 Å². The Morgan fingerprint density at radius 2 is 1.79 bits per heavy atom. The largest absolute Gasteiger partial charge is 0.318 e. The number of nitro benzene ring substituents is 1. The number of nitro groups is 1. The van der Waals surface area contributed by atoms with E-state index in [0.29, 0.717) is 22.3 Å². The normalized spacial score (nSPS) is 11.2. The molecule has 0 atom stereocenters. The quantitative estimate of drug-likeness (QED) is 0.280. The van der Waals surface area contributed by atoms with E-state index >= 15 is 0 Å². The van der Waals surface area contributed by atoms with Crippen molar-refractivity contribution in [1.29, 1.82) is 0 Å². The van der Waals surface area contributed by atoms with E-state index < -0.39 is 4.92 Å². The van der Waals surface area contributed by atoms with E-state index in [4.69, 9.17) is 34.8 Å². The highest BCUT2D eigenvalue weighted by molar-refractivity contribution is 6.36. The first kappa shape index (κ1) is 21.2. The molecule has 2 aromatic carbocycles. The van der Waals surface area contributed by atoms with Gasteiger partial charge in [0.05, 0.1) is 23.4 Å². The van der Waals surface area contributed by atoms with Crippen molar-refractivity contribution in [3.05, 3.63) is 90.2 Å². The highest BCUT2D eigenvalue weighted by Crippen LogP contribution is 2.29. The van der Waals surface area contributed by atoms with Gasteiger partial charge < -0.3 is 9.99 Å². The van der Waals surface area contributed by atoms with Gasteiger partial charge in [0.25, 0.3) is 5.69 Å². The Morgan fingerprint density at radius 1 is 1.10 bits per heavy atom. The zero-order valence-electron chi connectivity index (χ0n) is 15.6. The van der Waals surface area contributed by atoms with Crippen LogP contribution < -0.4 is 5.43 Å². The molecule has 1 heterocycles. The summed E-state index contributed by atoms with van der Waals surface area (Å²) in [5, 5.41) is 16.7. The Labute approximate surface area is 182 Å². The fourth-order valence-electron chi connectivity index (χ4n) is 3.04. The molecule has 0 saturated heterocycles. The number of aromatic nitrogens is 1. The van der Waals surface area contributed by atoms with Gasteiger partial charge in [0.15, 0.2) is 0 Å². The topological polar surface area (TPSA) is 72.5 Å². The molecule has 0 radical (unpaired) electrons. The minimum atomic E-state index is -0.494. The average molecular weight is 452 g/mol. The van der Waals surface area contributed by atoms with Crippen LogP contribution in [0.25, 0.3) is 5.69 Å². The van der Waals surface area contributed by atoms with Gasteiger partial charge in [0.2, 0.25) is 0 Å². The number of nitrogens with zero attached hydrogens (tertiary/aromatic N) is 3. The highest BCUT2D eigenvalue weighted by Gasteiger charge is 2.16. The molecule has 0 bridgehead atoms. The number of aryl methyl sites for hydroxylation is 1. The molecule has 0 aliphatic heterocycles. The van der Waals surface area contributed by atoms with Crippen LogP contribution in [0.4, 0.5) is 5.69 Å². The summed E-state index contributed by atoms with van der Waals surface area (Å²) in [7, 11) is 0. The lowest BCUT2D eigenvalue weighted by Crippen LogP contribution is -2.07. The number of halogens is 3. The van der Waals surface area contributed by atoms with E-state index in [0.717, 1.165) is 22.5 Å². The van der Waals surface area contributed by atoms with Gasteiger partial charge in [-0.3, -0.25) is 10.1 Å². The lowest BCUT2D eigenvalue weighted by Gasteiger charge is -2.10. The fraction of sp³-hybridized carbons (Fsp3) is 0.150. The Kier molecular flexibility index (Phi) is 6.47. The Morgan fingerprint density at radius 3 is 2.45 bits per heavy atom. The molecule has 29 heavy (non-hydrogen) atoms. The summed E-state index contributed by atoms with van der Waals surface area (Å²) in [5.74, 6) is 0. The number of rotatable bonds is 6. The Balaban J connectivity index is 1.82. The molecule has 6 nitrogen and oxygen atoms in total. The van der Waals surface area contributed by atoms with Crippen LogP contribution in [0.3, 0.4) is 0 Å². The molecule has 0 unspecified atom stereocenters. The van der Waals surface area contributed by atoms with Crippen molar-refractivity contribution in [2.75, 3.05) is 0 Å². The first-order chi connectivity index (χ1) is 13.8. The van der Waals surface area contributed by atoms with Gasteiger partial charge in [0.1, 0.15) is 5.02 Å². The van der Waals surface area contributed by atoms with E-state index in [9.17, 15) is 10.1 Å². The van der Waals surface area contributed by atoms with Crippen molar-refractivity contribution in [2.45, 2.75) is 20.4 Å². The minimum absolute atomic E-state index is 0.102. The third-order valence-corrected chi connectivity index (χ3v) is 5.50. The van der Waals surface area contributed by atoms with Gasteiger partial charge in [-0.15, -0.1) is 0 Å². The Bertz CT molecular complexity index is 1090. The van der Waals surface area contributed by atoms with Crippen LogP contribution in [0.1, 0.15) is 22.5 Å². The number of nitrogens with one attached hydrogen (secondary N) is 1. The van der Waals surface area contributed by atoms with Crippen molar-refractivity contribution in [3.63, 3.8) is 0 Å². The summed E-state index contributed by atoms with van der Waals surface area (Å²) in [4.78, 5) is 10.7. The number of benzene rings is 2. The standard InChI is InChI=1S/C20H17Cl3N4O2/c1-12-8-14(10-24-25-11-16-17(21)4-3-5-18(16)22)13(2)26(12)15-6-7-19(23)20(9-15)27(28)29/h3-10,25H,11H2,1-2H3/b24-10+. The van der Waals surface area contributed by atoms with Crippen LogP contribution in [0.2, 0.25) is 15.1 Å². The second-order valence-corrected chi connectivity index (χ2v) is 7.57. The van der Waals surface area contributed by atoms with Gasteiger partial charge in [-0.1, -0.05) is 40.9 Å². The summed E-state index contributed by atoms with van der Waals surface area (Å²) < 4.78 is 1.91. The van der Waals surface area contributed by atoms with Crippen LogP contribution >= 0.6 is 34.8 Å². The molecule has 150 valence electrons. The molecular formula is C20H17Cl3N4O2. The van der Waals surface area contributed by atoms with Gasteiger partial charge in [-0.05, 0) is 44.2 Å². The molecule has 9 heteroatoms. The van der Waals surface area contributed by atoms with Gasteiger partial charge in [-0.25, -0.2) is 0 Å². The monoisotopic (exact) mass is 450 g/mol. The second-order valence-electron chi connectivity index (χ2n) is 6.35. The molecule has 0 amide bonds. The molecule has 0 aliphatic carbocycles. The first-order valence-electron chi connectivity index (χ1n) is 8.61. The molecule has 0 spiro atoms. The zero-order valence-corrected chi connectivity index (χ0v) is 17.9. The maximum atomic E-state index is 11.2. The second kappa shape index (κ2) is 8.86. The van der Waals surface area contributed by atoms with Crippen molar-refractivity contribution < 1.29 is 4.92 Å². The average Bonchev–Trinajstić information content (AvgIpc) is 2.94. The lowest BCUT2D eigenvalue weighted by atomic mass is 10.2. The maximum Gasteiger partial charge on any atom is 0.289 e. The van der Waals surface area contributed by atoms with Crippen LogP contribution in [-0.2, 0) is 6.54 Å². The minimum Gasteiger partial charge on any atom is -0.318 e. The number of hydrazone groups is 1. The van der Waals surface area contributed by atoms with Gasteiger partial charge in [-0.2, -0.15) is 5.10 Å². The third kappa shape index (κ3) is 4.56. The molecule has 3 rings (SSSR count). The molecule has 0 saturated carbocycles. The first-order valence-corrected chi connectivity index (χ1v) is 9.75.